The number of hydrogen-bond acceptors (Lipinski definition) is 10. The number of aliphatic hydroxyl groups excluding tert-OH is 5. The molecule has 8 unspecified atom stereocenters. The fraction of sp³-hybridized carbons (Fsp3) is 0.788. The van der Waals surface area contributed by atoms with Gasteiger partial charge in [0.25, 0.3) is 0 Å². The average Bonchev–Trinajstić information content (AvgIpc) is 3.43. The van der Waals surface area contributed by atoms with Crippen molar-refractivity contribution in [2.24, 2.45) is 0 Å². The fourth-order valence-electron chi connectivity index (χ4n) is 9.51. The van der Waals surface area contributed by atoms with Crippen LogP contribution in [-0.2, 0) is 23.8 Å². The predicted octanol–water partition coefficient (Wildman–Crippen LogP) is 15.2. The first-order valence-electron chi connectivity index (χ1n) is 31.7. The van der Waals surface area contributed by atoms with E-state index >= 15 is 0 Å². The number of unbranched alkanes of at least 4 members (excludes halogenated alkanes) is 29. The molecule has 1 heterocycles. The largest absolute Gasteiger partial charge is 0.454 e. The molecule has 1 rings (SSSR count). The van der Waals surface area contributed by atoms with Gasteiger partial charge in [0.2, 0.25) is 5.91 Å². The van der Waals surface area contributed by atoms with Crippen LogP contribution >= 0.6 is 0 Å². The molecule has 1 aliphatic heterocycles. The highest BCUT2D eigenvalue weighted by molar-refractivity contribution is 5.80. The van der Waals surface area contributed by atoms with Crippen molar-refractivity contribution in [3.8, 4) is 0 Å². The average molecular weight is 1080 g/mol. The quantitative estimate of drug-likeness (QED) is 0.0195. The van der Waals surface area contributed by atoms with Crippen LogP contribution in [0, 0.1) is 0 Å². The number of ether oxygens (including phenoxy) is 3. The van der Waals surface area contributed by atoms with Crippen LogP contribution in [-0.4, -0.2) is 99.6 Å². The van der Waals surface area contributed by atoms with Crippen LogP contribution in [0.4, 0.5) is 0 Å². The lowest BCUT2D eigenvalue weighted by atomic mass is 9.99. The minimum absolute atomic E-state index is 0.109. The molecule has 8 atom stereocenters. The fourth-order valence-corrected chi connectivity index (χ4v) is 9.51. The highest BCUT2D eigenvalue weighted by Crippen LogP contribution is 2.26. The van der Waals surface area contributed by atoms with Crippen LogP contribution in [0.25, 0.3) is 0 Å². The summed E-state index contributed by atoms with van der Waals surface area (Å²) in [6, 6.07) is -1.03. The summed E-state index contributed by atoms with van der Waals surface area (Å²) in [7, 11) is 0. The van der Waals surface area contributed by atoms with Crippen molar-refractivity contribution in [2.45, 2.75) is 320 Å². The van der Waals surface area contributed by atoms with E-state index in [1.54, 1.807) is 6.08 Å². The van der Waals surface area contributed by atoms with E-state index in [9.17, 15) is 35.1 Å². The van der Waals surface area contributed by atoms with Crippen molar-refractivity contribution in [2.75, 3.05) is 13.2 Å². The number of nitrogens with one attached hydrogen (secondary N) is 1. The van der Waals surface area contributed by atoms with Crippen molar-refractivity contribution >= 4 is 11.9 Å². The Morgan fingerprint density at radius 3 is 1.39 bits per heavy atom. The van der Waals surface area contributed by atoms with E-state index in [1.807, 2.05) is 6.08 Å². The van der Waals surface area contributed by atoms with E-state index in [-0.39, 0.29) is 19.4 Å². The molecule has 77 heavy (non-hydrogen) atoms. The molecule has 0 aromatic rings. The molecule has 1 amide bonds. The smallest absolute Gasteiger partial charge is 0.306 e. The van der Waals surface area contributed by atoms with Crippen molar-refractivity contribution < 1.29 is 49.3 Å². The maximum absolute atomic E-state index is 13.4. The van der Waals surface area contributed by atoms with Crippen molar-refractivity contribution in [3.05, 3.63) is 72.9 Å². The molecule has 1 aliphatic rings. The second-order valence-corrected chi connectivity index (χ2v) is 21.8. The highest BCUT2D eigenvalue weighted by atomic mass is 16.7. The Balaban J connectivity index is 2.64. The number of amides is 1. The van der Waals surface area contributed by atoms with Gasteiger partial charge in [-0.05, 0) is 96.3 Å². The molecule has 0 radical (unpaired) electrons. The van der Waals surface area contributed by atoms with Crippen molar-refractivity contribution in [1.29, 1.82) is 0 Å². The lowest BCUT2D eigenvalue weighted by Gasteiger charge is -2.41. The Hall–Kier alpha value is -2.90. The number of hydrogen-bond donors (Lipinski definition) is 6. The molecule has 0 spiro atoms. The van der Waals surface area contributed by atoms with Gasteiger partial charge in [-0.1, -0.05) is 241 Å². The highest BCUT2D eigenvalue weighted by Gasteiger charge is 2.47. The number of allylic oxidation sites excluding steroid dienone is 11. The lowest BCUT2D eigenvalue weighted by molar-refractivity contribution is -0.305. The van der Waals surface area contributed by atoms with E-state index in [1.165, 1.54) is 109 Å². The van der Waals surface area contributed by atoms with Crippen molar-refractivity contribution in [1.82, 2.24) is 5.32 Å². The van der Waals surface area contributed by atoms with Crippen LogP contribution in [0.5, 0.6) is 0 Å². The summed E-state index contributed by atoms with van der Waals surface area (Å²) >= 11 is 0. The molecule has 446 valence electrons. The summed E-state index contributed by atoms with van der Waals surface area (Å²) in [6.07, 6.45) is 57.9. The molecule has 0 aliphatic carbocycles. The molecular formula is C66H117NO10. The third-order valence-corrected chi connectivity index (χ3v) is 14.6. The monoisotopic (exact) mass is 1080 g/mol. The zero-order valence-corrected chi connectivity index (χ0v) is 49.3. The normalized spacial score (nSPS) is 19.5. The first-order chi connectivity index (χ1) is 37.7. The van der Waals surface area contributed by atoms with Crippen LogP contribution in [0.1, 0.15) is 271 Å². The molecule has 6 N–H and O–H groups in total. The minimum atomic E-state index is -1.62. The van der Waals surface area contributed by atoms with Gasteiger partial charge < -0.3 is 45.1 Å². The molecule has 0 aromatic heterocycles. The third-order valence-electron chi connectivity index (χ3n) is 14.6. The molecule has 11 heteroatoms. The maximum atomic E-state index is 13.4. The Morgan fingerprint density at radius 2 is 0.896 bits per heavy atom. The molecule has 1 fully saturated rings. The first kappa shape index (κ1) is 72.1. The van der Waals surface area contributed by atoms with Gasteiger partial charge >= 0.3 is 5.97 Å². The third kappa shape index (κ3) is 41.7. The Kier molecular flexibility index (Phi) is 50.3. The minimum Gasteiger partial charge on any atom is -0.454 e. The molecule has 1 saturated heterocycles. The summed E-state index contributed by atoms with van der Waals surface area (Å²) in [4.78, 5) is 26.5. The van der Waals surface area contributed by atoms with E-state index in [2.05, 4.69) is 86.8 Å². The van der Waals surface area contributed by atoms with Gasteiger partial charge in [-0.25, -0.2) is 0 Å². The number of esters is 1. The number of aliphatic hydroxyl groups is 5. The van der Waals surface area contributed by atoms with Crippen LogP contribution < -0.4 is 5.32 Å². The summed E-state index contributed by atoms with van der Waals surface area (Å²) in [6.45, 7) is 5.73. The summed E-state index contributed by atoms with van der Waals surface area (Å²) in [5.74, 6) is -1.21. The van der Waals surface area contributed by atoms with E-state index in [0.29, 0.717) is 12.8 Å². The lowest BCUT2D eigenvalue weighted by Crippen LogP contribution is -2.61. The van der Waals surface area contributed by atoms with Gasteiger partial charge in [-0.2, -0.15) is 0 Å². The number of rotatable bonds is 53. The Morgan fingerprint density at radius 1 is 0.506 bits per heavy atom. The van der Waals surface area contributed by atoms with Crippen molar-refractivity contribution in [3.63, 3.8) is 0 Å². The van der Waals surface area contributed by atoms with Gasteiger partial charge in [0.1, 0.15) is 24.4 Å². The van der Waals surface area contributed by atoms with Gasteiger partial charge in [-0.3, -0.25) is 9.59 Å². The topological polar surface area (TPSA) is 175 Å². The zero-order valence-electron chi connectivity index (χ0n) is 49.3. The van der Waals surface area contributed by atoms with Crippen LogP contribution in [0.3, 0.4) is 0 Å². The standard InChI is InChI=1S/C66H117NO10/c1-4-7-10-13-16-19-22-24-26-27-28-29-30-31-32-33-34-36-39-42-45-48-51-54-61(71)77-64-63(73)62(72)60(55-68)76-66(64)75-56-57(58(69)52-49-46-43-40-37-21-18-15-12-9-6-3)67-65(74)59(70)53-50-47-44-41-38-35-25-23-20-17-14-11-8-5-2/h16,19-20,23-24,26,28-29,31-32,49,52,57-60,62-64,66,68-70,72-73H,4-15,17-18,21-22,25,27,30,33-48,50-51,53-56H2,1-3H3,(H,67,74)/b19-16-,23-20-,26-24-,29-28-,32-31-,52-49+. The SMILES string of the molecule is CCCCC/C=C\C/C=C\C/C=C\C/C=C\CCCCCCCCCC(=O)OC1C(OCC(NC(=O)C(O)CCCCCCCC/C=C\CCCCCC)C(O)/C=C/CCCCCCCCCCC)OC(CO)C(O)C1O. The predicted molar refractivity (Wildman–Crippen MR) is 319 cm³/mol. The number of carbonyl (C=O) groups excluding carboxylic acids is 2. The molecular weight excluding hydrogens is 967 g/mol. The first-order valence-corrected chi connectivity index (χ1v) is 31.7. The molecule has 0 bridgehead atoms. The van der Waals surface area contributed by atoms with E-state index in [4.69, 9.17) is 14.2 Å². The van der Waals surface area contributed by atoms with Gasteiger partial charge in [0.05, 0.1) is 25.4 Å². The van der Waals surface area contributed by atoms with E-state index < -0.39 is 67.4 Å². The van der Waals surface area contributed by atoms with Gasteiger partial charge in [0.15, 0.2) is 12.4 Å². The molecule has 0 aromatic carbocycles. The Bertz CT molecular complexity index is 1530. The molecule has 11 nitrogen and oxygen atoms in total. The zero-order chi connectivity index (χ0) is 56.1. The van der Waals surface area contributed by atoms with Crippen LogP contribution in [0.15, 0.2) is 72.9 Å². The van der Waals surface area contributed by atoms with Gasteiger partial charge in [0, 0.05) is 6.42 Å². The van der Waals surface area contributed by atoms with Crippen LogP contribution in [0.2, 0.25) is 0 Å². The second kappa shape index (κ2) is 53.7. The maximum Gasteiger partial charge on any atom is 0.306 e. The van der Waals surface area contributed by atoms with Gasteiger partial charge in [-0.15, -0.1) is 0 Å². The van der Waals surface area contributed by atoms with E-state index in [0.717, 1.165) is 116 Å². The second-order valence-electron chi connectivity index (χ2n) is 21.8. The summed E-state index contributed by atoms with van der Waals surface area (Å²) in [5.41, 5.74) is 0. The number of carbonyl (C=O) groups is 2. The summed E-state index contributed by atoms with van der Waals surface area (Å²) in [5, 5.41) is 56.9. The summed E-state index contributed by atoms with van der Waals surface area (Å²) < 4.78 is 17.6. The molecule has 0 saturated carbocycles. The Labute approximate surface area is 471 Å².